The Labute approximate surface area is 154 Å². The van der Waals surface area contributed by atoms with Gasteiger partial charge in [-0.15, -0.1) is 0 Å². The molecule has 26 heavy (non-hydrogen) atoms. The number of anilines is 1. The fraction of sp³-hybridized carbons (Fsp3) is 0.300. The van der Waals surface area contributed by atoms with Gasteiger partial charge in [-0.2, -0.15) is 5.10 Å². The molecule has 138 valence electrons. The van der Waals surface area contributed by atoms with E-state index in [1.807, 2.05) is 18.2 Å². The van der Waals surface area contributed by atoms with Crippen molar-refractivity contribution in [3.8, 4) is 11.5 Å². The molecule has 2 aromatic carbocycles. The quantitative estimate of drug-likeness (QED) is 0.583. The summed E-state index contributed by atoms with van der Waals surface area (Å²) in [6, 6.07) is 12.9. The van der Waals surface area contributed by atoms with Crippen LogP contribution in [0.2, 0.25) is 0 Å². The van der Waals surface area contributed by atoms with Crippen molar-refractivity contribution in [1.82, 2.24) is 5.43 Å². The Kier molecular flexibility index (Phi) is 7.02. The fourth-order valence-electron chi connectivity index (χ4n) is 2.58. The lowest BCUT2D eigenvalue weighted by molar-refractivity contribution is 0.0955. The molecule has 0 aliphatic rings. The highest BCUT2D eigenvalue weighted by molar-refractivity contribution is 5.95. The molecule has 0 bridgehead atoms. The van der Waals surface area contributed by atoms with Crippen molar-refractivity contribution in [1.29, 1.82) is 0 Å². The SMILES string of the molecule is CCN(CC)c1ccc(C(=O)N/N=C\c2ccc(OC)c(OC)c2)cc1. The number of benzene rings is 2. The van der Waals surface area contributed by atoms with E-state index in [1.54, 1.807) is 44.7 Å². The molecule has 0 saturated heterocycles. The van der Waals surface area contributed by atoms with E-state index >= 15 is 0 Å². The highest BCUT2D eigenvalue weighted by Gasteiger charge is 2.07. The van der Waals surface area contributed by atoms with Crippen LogP contribution < -0.4 is 19.8 Å². The second-order valence-corrected chi connectivity index (χ2v) is 5.53. The van der Waals surface area contributed by atoms with Crippen molar-refractivity contribution in [2.45, 2.75) is 13.8 Å². The molecule has 2 rings (SSSR count). The summed E-state index contributed by atoms with van der Waals surface area (Å²) in [5.74, 6) is 0.990. The van der Waals surface area contributed by atoms with E-state index < -0.39 is 0 Å². The third kappa shape index (κ3) is 4.75. The van der Waals surface area contributed by atoms with E-state index in [2.05, 4.69) is 29.3 Å². The van der Waals surface area contributed by atoms with E-state index in [9.17, 15) is 4.79 Å². The molecule has 0 spiro atoms. The molecule has 0 saturated carbocycles. The first-order valence-corrected chi connectivity index (χ1v) is 8.53. The van der Waals surface area contributed by atoms with Crippen molar-refractivity contribution < 1.29 is 14.3 Å². The second kappa shape index (κ2) is 9.46. The molecule has 6 heteroatoms. The number of rotatable bonds is 8. The third-order valence-corrected chi connectivity index (χ3v) is 4.05. The topological polar surface area (TPSA) is 63.2 Å². The van der Waals surface area contributed by atoms with Crippen LogP contribution in [0.3, 0.4) is 0 Å². The highest BCUT2D eigenvalue weighted by atomic mass is 16.5. The van der Waals surface area contributed by atoms with E-state index in [1.165, 1.54) is 0 Å². The molecule has 6 nitrogen and oxygen atoms in total. The van der Waals surface area contributed by atoms with Gasteiger partial charge in [0.1, 0.15) is 0 Å². The number of ether oxygens (including phenoxy) is 2. The molecule has 1 amide bonds. The van der Waals surface area contributed by atoms with Gasteiger partial charge in [-0.3, -0.25) is 4.79 Å². The van der Waals surface area contributed by atoms with E-state index in [-0.39, 0.29) is 5.91 Å². The van der Waals surface area contributed by atoms with Crippen LogP contribution >= 0.6 is 0 Å². The van der Waals surface area contributed by atoms with Crippen LogP contribution in [0.4, 0.5) is 5.69 Å². The first kappa shape index (κ1) is 19.3. The first-order chi connectivity index (χ1) is 12.6. The number of nitrogens with one attached hydrogen (secondary N) is 1. The summed E-state index contributed by atoms with van der Waals surface area (Å²) in [6.45, 7) is 6.06. The minimum absolute atomic E-state index is 0.257. The molecule has 0 heterocycles. The van der Waals surface area contributed by atoms with Gasteiger partial charge in [0.25, 0.3) is 5.91 Å². The summed E-state index contributed by atoms with van der Waals surface area (Å²) in [5.41, 5.74) is 4.98. The summed E-state index contributed by atoms with van der Waals surface area (Å²) in [5, 5.41) is 4.01. The minimum atomic E-state index is -0.257. The van der Waals surface area contributed by atoms with Gasteiger partial charge in [0.05, 0.1) is 20.4 Å². The Hall–Kier alpha value is -3.02. The molecular weight excluding hydrogens is 330 g/mol. The van der Waals surface area contributed by atoms with Crippen LogP contribution in [0, 0.1) is 0 Å². The van der Waals surface area contributed by atoms with Gasteiger partial charge in [0, 0.05) is 24.3 Å². The Morgan fingerprint density at radius 3 is 2.27 bits per heavy atom. The lowest BCUT2D eigenvalue weighted by Gasteiger charge is -2.20. The average molecular weight is 355 g/mol. The fourth-order valence-corrected chi connectivity index (χ4v) is 2.58. The largest absolute Gasteiger partial charge is 0.493 e. The Morgan fingerprint density at radius 1 is 1.04 bits per heavy atom. The number of hydrazone groups is 1. The molecule has 0 aliphatic carbocycles. The average Bonchev–Trinajstić information content (AvgIpc) is 2.69. The molecule has 0 atom stereocenters. The van der Waals surface area contributed by atoms with E-state index in [0.717, 1.165) is 24.3 Å². The number of nitrogens with zero attached hydrogens (tertiary/aromatic N) is 2. The third-order valence-electron chi connectivity index (χ3n) is 4.05. The number of amides is 1. The molecule has 1 N–H and O–H groups in total. The smallest absolute Gasteiger partial charge is 0.271 e. The number of hydrogen-bond donors (Lipinski definition) is 1. The molecule has 0 aromatic heterocycles. The van der Waals surface area contributed by atoms with Crippen molar-refractivity contribution >= 4 is 17.8 Å². The summed E-state index contributed by atoms with van der Waals surface area (Å²) in [4.78, 5) is 14.4. The van der Waals surface area contributed by atoms with Gasteiger partial charge >= 0.3 is 0 Å². The van der Waals surface area contributed by atoms with E-state index in [4.69, 9.17) is 9.47 Å². The van der Waals surface area contributed by atoms with Crippen LogP contribution in [0.15, 0.2) is 47.6 Å². The number of carbonyl (C=O) groups excluding carboxylic acids is 1. The maximum Gasteiger partial charge on any atom is 0.271 e. The van der Waals surface area contributed by atoms with Crippen LogP contribution in [0.5, 0.6) is 11.5 Å². The summed E-state index contributed by atoms with van der Waals surface area (Å²) in [7, 11) is 3.15. The van der Waals surface area contributed by atoms with Crippen LogP contribution in [0.25, 0.3) is 0 Å². The maximum atomic E-state index is 12.2. The minimum Gasteiger partial charge on any atom is -0.493 e. The molecule has 0 aliphatic heterocycles. The highest BCUT2D eigenvalue weighted by Crippen LogP contribution is 2.26. The van der Waals surface area contributed by atoms with Gasteiger partial charge in [-0.25, -0.2) is 5.43 Å². The van der Waals surface area contributed by atoms with Crippen molar-refractivity contribution in [2.24, 2.45) is 5.10 Å². The van der Waals surface area contributed by atoms with Gasteiger partial charge in [0.2, 0.25) is 0 Å². The molecule has 0 radical (unpaired) electrons. The second-order valence-electron chi connectivity index (χ2n) is 5.53. The van der Waals surface area contributed by atoms with Crippen LogP contribution in [-0.2, 0) is 0 Å². The van der Waals surface area contributed by atoms with E-state index in [0.29, 0.717) is 17.1 Å². The zero-order valence-corrected chi connectivity index (χ0v) is 15.7. The Balaban J connectivity index is 2.01. The van der Waals surface area contributed by atoms with Gasteiger partial charge in [0.15, 0.2) is 11.5 Å². The van der Waals surface area contributed by atoms with Crippen molar-refractivity contribution in [2.75, 3.05) is 32.2 Å². The van der Waals surface area contributed by atoms with Gasteiger partial charge in [-0.1, -0.05) is 0 Å². The Morgan fingerprint density at radius 2 is 1.69 bits per heavy atom. The Bertz CT molecular complexity index is 753. The zero-order chi connectivity index (χ0) is 18.9. The number of hydrogen-bond acceptors (Lipinski definition) is 5. The standard InChI is InChI=1S/C20H25N3O3/c1-5-23(6-2)17-10-8-16(9-11-17)20(24)22-21-14-15-7-12-18(25-3)19(13-15)26-4/h7-14H,5-6H2,1-4H3,(H,22,24)/b21-14-. The lowest BCUT2D eigenvalue weighted by Crippen LogP contribution is -2.22. The molecule has 0 fully saturated rings. The predicted octanol–water partition coefficient (Wildman–Crippen LogP) is 3.31. The van der Waals surface area contributed by atoms with Crippen molar-refractivity contribution in [3.63, 3.8) is 0 Å². The predicted molar refractivity (Wildman–Crippen MR) is 105 cm³/mol. The monoisotopic (exact) mass is 355 g/mol. The summed E-state index contributed by atoms with van der Waals surface area (Å²) >= 11 is 0. The maximum absolute atomic E-state index is 12.2. The van der Waals surface area contributed by atoms with Gasteiger partial charge < -0.3 is 14.4 Å². The first-order valence-electron chi connectivity index (χ1n) is 8.53. The normalized spacial score (nSPS) is 10.6. The molecular formula is C20H25N3O3. The zero-order valence-electron chi connectivity index (χ0n) is 15.7. The molecule has 2 aromatic rings. The number of carbonyl (C=O) groups is 1. The summed E-state index contributed by atoms with van der Waals surface area (Å²) in [6.07, 6.45) is 1.56. The van der Waals surface area contributed by atoms with Crippen LogP contribution in [0.1, 0.15) is 29.8 Å². The number of methoxy groups -OCH3 is 2. The summed E-state index contributed by atoms with van der Waals surface area (Å²) < 4.78 is 10.4. The van der Waals surface area contributed by atoms with Crippen LogP contribution in [-0.4, -0.2) is 39.4 Å². The van der Waals surface area contributed by atoms with Crippen molar-refractivity contribution in [3.05, 3.63) is 53.6 Å². The lowest BCUT2D eigenvalue weighted by atomic mass is 10.2. The molecule has 0 unspecified atom stereocenters. The van der Waals surface area contributed by atoms with Gasteiger partial charge in [-0.05, 0) is 61.9 Å².